The first-order chi connectivity index (χ1) is 5.43. The van der Waals surface area contributed by atoms with Gasteiger partial charge in [0.05, 0.1) is 0 Å². The van der Waals surface area contributed by atoms with Gasteiger partial charge in [-0.2, -0.15) is 0 Å². The fourth-order valence-electron chi connectivity index (χ4n) is 1.01. The summed E-state index contributed by atoms with van der Waals surface area (Å²) in [5.41, 5.74) is 1.33. The Morgan fingerprint density at radius 2 is 1.91 bits per heavy atom. The second-order valence-electron chi connectivity index (χ2n) is 2.47. The number of hydrogen-bond acceptors (Lipinski definition) is 0. The molecule has 0 amide bonds. The first-order valence-corrected chi connectivity index (χ1v) is 3.80. The molecule has 1 rings (SSSR count). The van der Waals surface area contributed by atoms with Crippen LogP contribution in [0.1, 0.15) is 12.0 Å². The van der Waals surface area contributed by atoms with Crippen molar-refractivity contribution in [3.8, 4) is 0 Å². The average Bonchev–Trinajstić information content (AvgIpc) is 2.07. The molecule has 0 aliphatic carbocycles. The van der Waals surface area contributed by atoms with Gasteiger partial charge in [0.2, 0.25) is 6.54 Å². The normalized spacial score (nSPS) is 9.00. The average molecular weight is 145 g/mol. The van der Waals surface area contributed by atoms with E-state index >= 15 is 0 Å². The highest BCUT2D eigenvalue weighted by molar-refractivity contribution is 5.14. The molecule has 1 aromatic carbocycles. The Balaban J connectivity index is 2.35. The number of nitrogens with zero attached hydrogens (tertiary/aromatic N) is 1. The molecule has 0 saturated heterocycles. The van der Waals surface area contributed by atoms with Gasteiger partial charge in [-0.3, -0.25) is 0 Å². The smallest absolute Gasteiger partial charge is 0.215 e. The zero-order valence-corrected chi connectivity index (χ0v) is 6.46. The largest absolute Gasteiger partial charge is 0.317 e. The second-order valence-corrected chi connectivity index (χ2v) is 2.47. The van der Waals surface area contributed by atoms with Crippen LogP contribution in [0.5, 0.6) is 0 Å². The molecule has 11 heavy (non-hydrogen) atoms. The van der Waals surface area contributed by atoms with Crippen LogP contribution in [0.2, 0.25) is 0 Å². The van der Waals surface area contributed by atoms with E-state index in [1.54, 1.807) is 0 Å². The van der Waals surface area contributed by atoms with E-state index in [1.807, 2.05) is 18.2 Å². The third-order valence-electron chi connectivity index (χ3n) is 1.58. The van der Waals surface area contributed by atoms with E-state index in [0.29, 0.717) is 6.54 Å². The zero-order valence-electron chi connectivity index (χ0n) is 6.46. The van der Waals surface area contributed by atoms with Gasteiger partial charge in [0.15, 0.2) is 0 Å². The van der Waals surface area contributed by atoms with E-state index in [1.165, 1.54) is 5.56 Å². The second kappa shape index (κ2) is 4.51. The molecular weight excluding hydrogens is 134 g/mol. The van der Waals surface area contributed by atoms with Crippen molar-refractivity contribution in [2.75, 3.05) is 6.54 Å². The fraction of sp³-hybridized carbons (Fsp3) is 0.300. The number of benzene rings is 1. The topological polar surface area (TPSA) is 4.36 Å². The molecule has 1 heteroatoms. The van der Waals surface area contributed by atoms with Gasteiger partial charge in [0, 0.05) is 6.42 Å². The van der Waals surface area contributed by atoms with Crippen molar-refractivity contribution in [1.29, 1.82) is 0 Å². The lowest BCUT2D eigenvalue weighted by molar-refractivity contribution is 0.892. The summed E-state index contributed by atoms with van der Waals surface area (Å²) < 4.78 is 0. The predicted octanol–water partition coefficient (Wildman–Crippen LogP) is 2.54. The highest BCUT2D eigenvalue weighted by atomic mass is 14.6. The minimum absolute atomic E-state index is 0.648. The molecule has 0 aliphatic heterocycles. The molecule has 0 aliphatic rings. The van der Waals surface area contributed by atoms with Gasteiger partial charge in [-0.05, 0) is 12.0 Å². The molecule has 1 aromatic rings. The first-order valence-electron chi connectivity index (χ1n) is 3.80. The monoisotopic (exact) mass is 145 g/mol. The quantitative estimate of drug-likeness (QED) is 0.454. The van der Waals surface area contributed by atoms with Crippen LogP contribution in [-0.2, 0) is 6.42 Å². The molecule has 0 atom stereocenters. The molecule has 0 spiro atoms. The Hall–Kier alpha value is -1.29. The number of aryl methyl sites for hydroxylation is 1. The third kappa shape index (κ3) is 2.86. The van der Waals surface area contributed by atoms with Crippen molar-refractivity contribution in [1.82, 2.24) is 0 Å². The Morgan fingerprint density at radius 1 is 1.18 bits per heavy atom. The van der Waals surface area contributed by atoms with Crippen LogP contribution in [0.15, 0.2) is 30.3 Å². The maximum absolute atomic E-state index is 6.59. The van der Waals surface area contributed by atoms with Crippen LogP contribution >= 0.6 is 0 Å². The van der Waals surface area contributed by atoms with E-state index in [4.69, 9.17) is 6.57 Å². The maximum Gasteiger partial charge on any atom is 0.215 e. The minimum atomic E-state index is 0.648. The van der Waals surface area contributed by atoms with Crippen molar-refractivity contribution in [2.24, 2.45) is 0 Å². The lowest BCUT2D eigenvalue weighted by atomic mass is 10.1. The Morgan fingerprint density at radius 3 is 2.55 bits per heavy atom. The van der Waals surface area contributed by atoms with E-state index in [0.717, 1.165) is 12.8 Å². The number of hydrogen-bond donors (Lipinski definition) is 0. The maximum atomic E-state index is 6.59. The van der Waals surface area contributed by atoms with Gasteiger partial charge in [-0.15, -0.1) is 0 Å². The molecule has 0 heterocycles. The lowest BCUT2D eigenvalue weighted by Gasteiger charge is -1.94. The zero-order chi connectivity index (χ0) is 7.94. The Labute approximate surface area is 67.5 Å². The van der Waals surface area contributed by atoms with Gasteiger partial charge in [-0.1, -0.05) is 30.3 Å². The van der Waals surface area contributed by atoms with E-state index in [-0.39, 0.29) is 0 Å². The molecule has 0 N–H and O–H groups in total. The third-order valence-corrected chi connectivity index (χ3v) is 1.58. The van der Waals surface area contributed by atoms with Crippen molar-refractivity contribution in [3.05, 3.63) is 47.3 Å². The molecule has 56 valence electrons. The van der Waals surface area contributed by atoms with Crippen molar-refractivity contribution in [3.63, 3.8) is 0 Å². The van der Waals surface area contributed by atoms with Crippen molar-refractivity contribution < 1.29 is 0 Å². The van der Waals surface area contributed by atoms with Gasteiger partial charge < -0.3 is 4.85 Å². The first kappa shape index (κ1) is 7.81. The standard InChI is InChI=1S/C10H11N/c1-11-9-5-8-10-6-3-2-4-7-10/h2-4,6-7H,5,8-9H2. The fourth-order valence-corrected chi connectivity index (χ4v) is 1.01. The van der Waals surface area contributed by atoms with E-state index in [2.05, 4.69) is 17.0 Å². The summed E-state index contributed by atoms with van der Waals surface area (Å²) in [4.78, 5) is 3.30. The minimum Gasteiger partial charge on any atom is -0.317 e. The summed E-state index contributed by atoms with van der Waals surface area (Å²) in [6.45, 7) is 7.24. The summed E-state index contributed by atoms with van der Waals surface area (Å²) in [5, 5.41) is 0. The molecule has 0 aromatic heterocycles. The molecule has 0 fully saturated rings. The summed E-state index contributed by atoms with van der Waals surface area (Å²) in [6, 6.07) is 10.3. The lowest BCUT2D eigenvalue weighted by Crippen LogP contribution is -1.85. The van der Waals surface area contributed by atoms with Crippen LogP contribution in [-0.4, -0.2) is 6.54 Å². The molecular formula is C10H11N. The SMILES string of the molecule is [C-]#[N+]CCCc1ccccc1. The molecule has 1 nitrogen and oxygen atoms in total. The van der Waals surface area contributed by atoms with E-state index < -0.39 is 0 Å². The molecule has 0 unspecified atom stereocenters. The number of rotatable bonds is 3. The molecule has 0 bridgehead atoms. The predicted molar refractivity (Wildman–Crippen MR) is 46.2 cm³/mol. The van der Waals surface area contributed by atoms with Gasteiger partial charge in [0.25, 0.3) is 0 Å². The highest BCUT2D eigenvalue weighted by Gasteiger charge is 1.91. The van der Waals surface area contributed by atoms with Crippen LogP contribution in [0, 0.1) is 6.57 Å². The van der Waals surface area contributed by atoms with Crippen LogP contribution in [0.25, 0.3) is 4.85 Å². The van der Waals surface area contributed by atoms with Crippen molar-refractivity contribution in [2.45, 2.75) is 12.8 Å². The van der Waals surface area contributed by atoms with Gasteiger partial charge in [-0.25, -0.2) is 6.57 Å². The van der Waals surface area contributed by atoms with Crippen molar-refractivity contribution >= 4 is 0 Å². The molecule has 0 radical (unpaired) electrons. The van der Waals surface area contributed by atoms with Crippen LogP contribution in [0.4, 0.5) is 0 Å². The van der Waals surface area contributed by atoms with E-state index in [9.17, 15) is 0 Å². The summed E-state index contributed by atoms with van der Waals surface area (Å²) >= 11 is 0. The van der Waals surface area contributed by atoms with Gasteiger partial charge >= 0.3 is 0 Å². The molecule has 0 saturated carbocycles. The Bertz CT molecular complexity index is 233. The highest BCUT2D eigenvalue weighted by Crippen LogP contribution is 2.01. The Kier molecular flexibility index (Phi) is 3.21. The summed E-state index contributed by atoms with van der Waals surface area (Å²) in [6.07, 6.45) is 2.01. The summed E-state index contributed by atoms with van der Waals surface area (Å²) in [7, 11) is 0. The summed E-state index contributed by atoms with van der Waals surface area (Å²) in [5.74, 6) is 0. The van der Waals surface area contributed by atoms with Crippen LogP contribution < -0.4 is 0 Å². The van der Waals surface area contributed by atoms with Gasteiger partial charge in [0.1, 0.15) is 0 Å². The van der Waals surface area contributed by atoms with Crippen LogP contribution in [0.3, 0.4) is 0 Å².